The van der Waals surface area contributed by atoms with E-state index in [1.54, 1.807) is 0 Å². The Hall–Kier alpha value is 0.0649. The van der Waals surface area contributed by atoms with Gasteiger partial charge < -0.3 is 0 Å². The van der Waals surface area contributed by atoms with Gasteiger partial charge in [0.05, 0.1) is 0 Å². The van der Waals surface area contributed by atoms with Gasteiger partial charge in [-0.1, -0.05) is 76.8 Å². The van der Waals surface area contributed by atoms with E-state index in [1.165, 1.54) is 71.5 Å². The summed E-state index contributed by atoms with van der Waals surface area (Å²) >= 11 is 0. The highest BCUT2D eigenvalue weighted by atomic mass is 14.1. The minimum Gasteiger partial charge on any atom is -0.0891 e. The molecule has 0 atom stereocenters. The maximum atomic E-state index is 2.37. The van der Waals surface area contributed by atoms with E-state index < -0.39 is 0 Å². The van der Waals surface area contributed by atoms with Crippen LogP contribution in [0.1, 0.15) is 64.2 Å². The average molecular weight is 180 g/mol. The molecule has 1 heteroatoms. The lowest BCUT2D eigenvalue weighted by Crippen LogP contribution is -2.00. The molecule has 0 heterocycles. The Labute approximate surface area is 84.7 Å². The molecule has 1 aliphatic rings. The fraction of sp³-hybridized carbons (Fsp3) is 1.00. The second kappa shape index (κ2) is 7.47. The molecule has 0 aromatic carbocycles. The van der Waals surface area contributed by atoms with Gasteiger partial charge in [0.25, 0.3) is 0 Å². The number of rotatable bonds is 1. The molecule has 0 aliphatic heterocycles. The summed E-state index contributed by atoms with van der Waals surface area (Å²) in [7, 11) is 1.42. The Kier molecular flexibility index (Phi) is 6.40. The van der Waals surface area contributed by atoms with Crippen LogP contribution >= 0.6 is 0 Å². The van der Waals surface area contributed by atoms with Crippen LogP contribution in [0.2, 0.25) is 12.6 Å². The molecule has 76 valence electrons. The molecule has 0 aromatic heterocycles. The van der Waals surface area contributed by atoms with Crippen molar-refractivity contribution in [3.8, 4) is 0 Å². The van der Waals surface area contributed by atoms with Gasteiger partial charge in [-0.2, -0.15) is 0 Å². The second-order valence-electron chi connectivity index (χ2n) is 4.68. The molecule has 0 radical (unpaired) electrons. The van der Waals surface area contributed by atoms with Crippen LogP contribution in [0.4, 0.5) is 0 Å². The zero-order chi connectivity index (χ0) is 9.36. The molecule has 0 spiro atoms. The van der Waals surface area contributed by atoms with Gasteiger partial charge >= 0.3 is 0 Å². The molecule has 1 saturated carbocycles. The Morgan fingerprint density at radius 1 is 0.692 bits per heavy atom. The minimum absolute atomic E-state index is 1.05. The fourth-order valence-corrected chi connectivity index (χ4v) is 2.48. The first-order valence-corrected chi connectivity index (χ1v) is 6.43. The lowest BCUT2D eigenvalue weighted by atomic mass is 9.63. The van der Waals surface area contributed by atoms with E-state index in [9.17, 15) is 0 Å². The predicted molar refractivity (Wildman–Crippen MR) is 62.9 cm³/mol. The lowest BCUT2D eigenvalue weighted by Gasteiger charge is -2.12. The van der Waals surface area contributed by atoms with Crippen LogP contribution in [0.3, 0.4) is 0 Å². The summed E-state index contributed by atoms with van der Waals surface area (Å²) in [6.45, 7) is 2.37. The monoisotopic (exact) mass is 180 g/mol. The van der Waals surface area contributed by atoms with Crippen molar-refractivity contribution < 1.29 is 0 Å². The number of hydrogen-bond acceptors (Lipinski definition) is 0. The van der Waals surface area contributed by atoms with Gasteiger partial charge in [0, 0.05) is 0 Å². The molecule has 0 aromatic rings. The van der Waals surface area contributed by atoms with Crippen LogP contribution in [-0.2, 0) is 0 Å². The predicted octanol–water partition coefficient (Wildman–Crippen LogP) is 4.17. The van der Waals surface area contributed by atoms with E-state index in [0.717, 1.165) is 5.82 Å². The summed E-state index contributed by atoms with van der Waals surface area (Å²) in [5.74, 6) is 1.05. The SMILES string of the molecule is CBC1CCCCCCCCCC1. The molecule has 0 saturated heterocycles. The summed E-state index contributed by atoms with van der Waals surface area (Å²) < 4.78 is 0. The van der Waals surface area contributed by atoms with E-state index in [-0.39, 0.29) is 0 Å². The van der Waals surface area contributed by atoms with Crippen LogP contribution in [0.15, 0.2) is 0 Å². The van der Waals surface area contributed by atoms with Gasteiger partial charge in [-0.3, -0.25) is 0 Å². The largest absolute Gasteiger partial charge is 0.120 e. The quantitative estimate of drug-likeness (QED) is 0.531. The zero-order valence-corrected chi connectivity index (χ0v) is 9.36. The summed E-state index contributed by atoms with van der Waals surface area (Å²) in [6.07, 6.45) is 15.0. The maximum absolute atomic E-state index is 2.37. The van der Waals surface area contributed by atoms with Crippen molar-refractivity contribution >= 4 is 7.28 Å². The normalized spacial score (nSPS) is 23.5. The zero-order valence-electron chi connectivity index (χ0n) is 9.36. The smallest absolute Gasteiger partial charge is 0.0891 e. The molecular weight excluding hydrogens is 155 g/mol. The third-order valence-corrected chi connectivity index (χ3v) is 3.55. The Balaban J connectivity index is 2.18. The molecular formula is C12H25B. The molecule has 1 rings (SSSR count). The summed E-state index contributed by atoms with van der Waals surface area (Å²) in [4.78, 5) is 0. The van der Waals surface area contributed by atoms with E-state index in [0.29, 0.717) is 0 Å². The molecule has 0 amide bonds. The topological polar surface area (TPSA) is 0 Å². The summed E-state index contributed by atoms with van der Waals surface area (Å²) in [6, 6.07) is 0. The second-order valence-corrected chi connectivity index (χ2v) is 4.68. The highest BCUT2D eigenvalue weighted by Crippen LogP contribution is 2.24. The third kappa shape index (κ3) is 5.39. The van der Waals surface area contributed by atoms with Crippen molar-refractivity contribution in [2.24, 2.45) is 0 Å². The van der Waals surface area contributed by atoms with Crippen molar-refractivity contribution in [1.82, 2.24) is 0 Å². The fourth-order valence-electron chi connectivity index (χ4n) is 2.48. The van der Waals surface area contributed by atoms with Crippen LogP contribution in [0.5, 0.6) is 0 Å². The van der Waals surface area contributed by atoms with Crippen molar-refractivity contribution in [1.29, 1.82) is 0 Å². The van der Waals surface area contributed by atoms with Gasteiger partial charge in [0.2, 0.25) is 0 Å². The minimum atomic E-state index is 1.05. The van der Waals surface area contributed by atoms with Crippen LogP contribution < -0.4 is 0 Å². The average Bonchev–Trinajstić information content (AvgIpc) is 2.22. The molecule has 0 N–H and O–H groups in total. The molecule has 13 heavy (non-hydrogen) atoms. The van der Waals surface area contributed by atoms with E-state index >= 15 is 0 Å². The Morgan fingerprint density at radius 3 is 1.46 bits per heavy atom. The molecule has 0 unspecified atom stereocenters. The first-order valence-electron chi connectivity index (χ1n) is 6.43. The maximum Gasteiger partial charge on any atom is 0.120 e. The highest BCUT2D eigenvalue weighted by molar-refractivity contribution is 6.35. The van der Waals surface area contributed by atoms with E-state index in [2.05, 4.69) is 6.82 Å². The van der Waals surface area contributed by atoms with Crippen LogP contribution in [0, 0.1) is 0 Å². The van der Waals surface area contributed by atoms with Gasteiger partial charge in [-0.15, -0.1) is 0 Å². The molecule has 1 aliphatic carbocycles. The number of hydrogen-bond donors (Lipinski definition) is 0. The van der Waals surface area contributed by atoms with Gasteiger partial charge in [-0.05, 0) is 0 Å². The van der Waals surface area contributed by atoms with Crippen molar-refractivity contribution in [3.05, 3.63) is 0 Å². The summed E-state index contributed by atoms with van der Waals surface area (Å²) in [5, 5.41) is 0. The van der Waals surface area contributed by atoms with Crippen LogP contribution in [0.25, 0.3) is 0 Å². The van der Waals surface area contributed by atoms with Crippen molar-refractivity contribution in [2.45, 2.75) is 76.8 Å². The Bertz CT molecular complexity index is 99.7. The van der Waals surface area contributed by atoms with Gasteiger partial charge in [0.1, 0.15) is 7.28 Å². The van der Waals surface area contributed by atoms with Crippen LogP contribution in [-0.4, -0.2) is 7.28 Å². The van der Waals surface area contributed by atoms with E-state index in [1.807, 2.05) is 0 Å². The van der Waals surface area contributed by atoms with E-state index in [4.69, 9.17) is 0 Å². The van der Waals surface area contributed by atoms with Crippen molar-refractivity contribution in [3.63, 3.8) is 0 Å². The molecule has 0 bridgehead atoms. The molecule has 1 fully saturated rings. The van der Waals surface area contributed by atoms with Gasteiger partial charge in [0.15, 0.2) is 0 Å². The Morgan fingerprint density at radius 2 is 1.08 bits per heavy atom. The standard InChI is InChI=1S/C12H25B/c1-13-12-10-8-6-4-2-3-5-7-9-11-12/h12-13H,2-11H2,1H3. The lowest BCUT2D eigenvalue weighted by molar-refractivity contribution is 0.581. The highest BCUT2D eigenvalue weighted by Gasteiger charge is 2.07. The summed E-state index contributed by atoms with van der Waals surface area (Å²) in [5.41, 5.74) is 0. The van der Waals surface area contributed by atoms with Crippen molar-refractivity contribution in [2.75, 3.05) is 0 Å². The third-order valence-electron chi connectivity index (χ3n) is 3.55. The molecule has 0 nitrogen and oxygen atoms in total. The van der Waals surface area contributed by atoms with Gasteiger partial charge in [-0.25, -0.2) is 0 Å². The first-order chi connectivity index (χ1) is 6.43. The first kappa shape index (κ1) is 11.1.